The second-order valence-corrected chi connectivity index (χ2v) is 5.34. The van der Waals surface area contributed by atoms with Crippen LogP contribution in [-0.4, -0.2) is 32.4 Å². The first-order valence-electron chi connectivity index (χ1n) is 6.54. The summed E-state index contributed by atoms with van der Waals surface area (Å²) in [5, 5.41) is 37.7. The number of phenols is 2. The molecule has 2 aromatic carbocycles. The number of aromatic hydroxyl groups is 2. The average Bonchev–Trinajstić information content (AvgIpc) is 2.48. The summed E-state index contributed by atoms with van der Waals surface area (Å²) in [7, 11) is 0. The van der Waals surface area contributed by atoms with Crippen LogP contribution in [0.3, 0.4) is 0 Å². The van der Waals surface area contributed by atoms with E-state index in [9.17, 15) is 30.0 Å². The third-order valence-electron chi connectivity index (χ3n) is 3.45. The van der Waals surface area contributed by atoms with E-state index in [1.54, 1.807) is 0 Å². The van der Waals surface area contributed by atoms with Crippen LogP contribution in [0.1, 0.15) is 23.0 Å². The van der Waals surface area contributed by atoms with Gasteiger partial charge in [0.1, 0.15) is 11.5 Å². The maximum atomic E-state index is 11.7. The zero-order valence-corrected chi connectivity index (χ0v) is 12.4. The van der Waals surface area contributed by atoms with Crippen molar-refractivity contribution in [1.29, 1.82) is 0 Å². The average molecular weight is 337 g/mol. The normalized spacial score (nSPS) is 13.3. The minimum atomic E-state index is -1.41. The molecule has 0 spiro atoms. The van der Waals surface area contributed by atoms with Gasteiger partial charge in [0.2, 0.25) is 0 Å². The largest absolute Gasteiger partial charge is 0.508 e. The van der Waals surface area contributed by atoms with Gasteiger partial charge in [-0.3, -0.25) is 9.59 Å². The van der Waals surface area contributed by atoms with Gasteiger partial charge in [-0.25, -0.2) is 0 Å². The summed E-state index contributed by atoms with van der Waals surface area (Å²) in [5.41, 5.74) is 0.382. The van der Waals surface area contributed by atoms with Crippen LogP contribution < -0.4 is 0 Å². The zero-order chi connectivity index (χ0) is 17.1. The Bertz CT molecular complexity index is 741. The number of benzene rings is 2. The number of carboxylic acids is 2. The monoisotopic (exact) mass is 336 g/mol. The summed E-state index contributed by atoms with van der Waals surface area (Å²) in [4.78, 5) is 23.3. The second-order valence-electron chi connectivity index (χ2n) is 4.93. The van der Waals surface area contributed by atoms with Gasteiger partial charge in [-0.2, -0.15) is 0 Å². The van der Waals surface area contributed by atoms with Crippen LogP contribution in [0.2, 0.25) is 5.02 Å². The standard InChI is InChI=1S/C16H13ClO6/c17-11-7-9(3-6-12(11)19)14(16(22)23)13(15(20)21)8-1-4-10(18)5-2-8/h1-7,13-14,18-19H,(H,20,21)(H,22,23). The number of rotatable bonds is 5. The van der Waals surface area contributed by atoms with Gasteiger partial charge in [0.15, 0.2) is 0 Å². The van der Waals surface area contributed by atoms with Crippen LogP contribution in [0.15, 0.2) is 42.5 Å². The van der Waals surface area contributed by atoms with Crippen LogP contribution in [0.5, 0.6) is 11.5 Å². The van der Waals surface area contributed by atoms with Crippen molar-refractivity contribution < 1.29 is 30.0 Å². The molecule has 0 aliphatic carbocycles. The molecule has 0 amide bonds. The Hall–Kier alpha value is -2.73. The number of phenolic OH excluding ortho intramolecular Hbond substituents is 2. The Morgan fingerprint density at radius 3 is 1.78 bits per heavy atom. The molecule has 2 rings (SSSR count). The number of halogens is 1. The summed E-state index contributed by atoms with van der Waals surface area (Å²) in [6.07, 6.45) is 0. The molecule has 2 aromatic rings. The Morgan fingerprint density at radius 2 is 1.30 bits per heavy atom. The fraction of sp³-hybridized carbons (Fsp3) is 0.125. The molecular weight excluding hydrogens is 324 g/mol. The number of aliphatic carboxylic acids is 2. The lowest BCUT2D eigenvalue weighted by atomic mass is 9.81. The first-order chi connectivity index (χ1) is 10.8. The van der Waals surface area contributed by atoms with Crippen LogP contribution in [0.25, 0.3) is 0 Å². The fourth-order valence-electron chi connectivity index (χ4n) is 2.35. The molecule has 4 N–H and O–H groups in total. The van der Waals surface area contributed by atoms with E-state index in [1.165, 1.54) is 42.5 Å². The molecule has 0 saturated carbocycles. The van der Waals surface area contributed by atoms with Crippen LogP contribution in [0, 0.1) is 0 Å². The van der Waals surface area contributed by atoms with Crippen molar-refractivity contribution in [3.8, 4) is 11.5 Å². The number of carbonyl (C=O) groups is 2. The van der Waals surface area contributed by atoms with Gasteiger partial charge < -0.3 is 20.4 Å². The number of carboxylic acid groups (broad SMARTS) is 2. The number of hydrogen-bond acceptors (Lipinski definition) is 4. The van der Waals surface area contributed by atoms with Crippen LogP contribution in [0.4, 0.5) is 0 Å². The molecule has 0 radical (unpaired) electrons. The lowest BCUT2D eigenvalue weighted by Gasteiger charge is -2.21. The highest BCUT2D eigenvalue weighted by atomic mass is 35.5. The van der Waals surface area contributed by atoms with E-state index in [2.05, 4.69) is 0 Å². The highest BCUT2D eigenvalue weighted by Gasteiger charge is 2.36. The van der Waals surface area contributed by atoms with E-state index in [0.29, 0.717) is 0 Å². The third-order valence-corrected chi connectivity index (χ3v) is 3.75. The molecule has 23 heavy (non-hydrogen) atoms. The van der Waals surface area contributed by atoms with Crippen molar-refractivity contribution in [2.45, 2.75) is 11.8 Å². The van der Waals surface area contributed by atoms with E-state index in [4.69, 9.17) is 11.6 Å². The van der Waals surface area contributed by atoms with Crippen LogP contribution >= 0.6 is 11.6 Å². The Kier molecular flexibility index (Phi) is 4.76. The summed E-state index contributed by atoms with van der Waals surface area (Å²) in [6, 6.07) is 9.03. The molecule has 0 saturated heterocycles. The maximum Gasteiger partial charge on any atom is 0.312 e. The van der Waals surface area contributed by atoms with Gasteiger partial charge in [-0.1, -0.05) is 29.8 Å². The van der Waals surface area contributed by atoms with Crippen molar-refractivity contribution in [2.75, 3.05) is 0 Å². The predicted molar refractivity (Wildman–Crippen MR) is 82.0 cm³/mol. The van der Waals surface area contributed by atoms with Crippen molar-refractivity contribution >= 4 is 23.5 Å². The predicted octanol–water partition coefficient (Wildman–Crippen LogP) is 2.79. The van der Waals surface area contributed by atoms with Crippen molar-refractivity contribution in [1.82, 2.24) is 0 Å². The molecule has 6 nitrogen and oxygen atoms in total. The van der Waals surface area contributed by atoms with Crippen molar-refractivity contribution in [2.24, 2.45) is 0 Å². The first-order valence-corrected chi connectivity index (χ1v) is 6.92. The molecule has 2 unspecified atom stereocenters. The Morgan fingerprint density at radius 1 is 0.826 bits per heavy atom. The lowest BCUT2D eigenvalue weighted by Crippen LogP contribution is -2.26. The van der Waals surface area contributed by atoms with Crippen molar-refractivity contribution in [3.05, 3.63) is 58.6 Å². The van der Waals surface area contributed by atoms with Gasteiger partial charge in [-0.15, -0.1) is 0 Å². The topological polar surface area (TPSA) is 115 Å². The fourth-order valence-corrected chi connectivity index (χ4v) is 2.54. The van der Waals surface area contributed by atoms with E-state index >= 15 is 0 Å². The van der Waals surface area contributed by atoms with Gasteiger partial charge in [-0.05, 0) is 35.4 Å². The molecule has 0 aliphatic rings. The number of hydrogen-bond donors (Lipinski definition) is 4. The third kappa shape index (κ3) is 3.54. The molecule has 0 aromatic heterocycles. The molecule has 0 heterocycles. The van der Waals surface area contributed by atoms with E-state index < -0.39 is 23.8 Å². The van der Waals surface area contributed by atoms with Crippen LogP contribution in [-0.2, 0) is 9.59 Å². The molecule has 2 atom stereocenters. The quantitative estimate of drug-likeness (QED) is 0.667. The summed E-state index contributed by atoms with van der Waals surface area (Å²) < 4.78 is 0. The van der Waals surface area contributed by atoms with E-state index in [-0.39, 0.29) is 27.6 Å². The van der Waals surface area contributed by atoms with E-state index in [1.807, 2.05) is 0 Å². The molecular formula is C16H13ClO6. The molecule has 0 bridgehead atoms. The molecule has 120 valence electrons. The summed E-state index contributed by atoms with van der Waals surface area (Å²) in [6.45, 7) is 0. The SMILES string of the molecule is O=C(O)C(c1ccc(O)cc1)C(C(=O)O)c1ccc(O)c(Cl)c1. The minimum Gasteiger partial charge on any atom is -0.508 e. The van der Waals surface area contributed by atoms with Gasteiger partial charge in [0.05, 0.1) is 16.9 Å². The Balaban J connectivity index is 2.55. The van der Waals surface area contributed by atoms with Gasteiger partial charge in [0, 0.05) is 0 Å². The van der Waals surface area contributed by atoms with E-state index in [0.717, 1.165) is 0 Å². The van der Waals surface area contributed by atoms with Gasteiger partial charge >= 0.3 is 11.9 Å². The molecule has 0 aliphatic heterocycles. The summed E-state index contributed by atoms with van der Waals surface area (Å²) in [5.74, 6) is -5.74. The smallest absolute Gasteiger partial charge is 0.312 e. The zero-order valence-electron chi connectivity index (χ0n) is 11.7. The highest BCUT2D eigenvalue weighted by molar-refractivity contribution is 6.32. The molecule has 7 heteroatoms. The van der Waals surface area contributed by atoms with Crippen molar-refractivity contribution in [3.63, 3.8) is 0 Å². The maximum absolute atomic E-state index is 11.7. The summed E-state index contributed by atoms with van der Waals surface area (Å²) >= 11 is 5.79. The first kappa shape index (κ1) is 16.6. The minimum absolute atomic E-state index is 0.0579. The molecule has 0 fully saturated rings. The van der Waals surface area contributed by atoms with Gasteiger partial charge in [0.25, 0.3) is 0 Å². The second kappa shape index (κ2) is 6.58. The highest BCUT2D eigenvalue weighted by Crippen LogP contribution is 2.37. The lowest BCUT2D eigenvalue weighted by molar-refractivity contribution is -0.147. The Labute approximate surface area is 136 Å².